The predicted octanol–water partition coefficient (Wildman–Crippen LogP) is 4.43. The van der Waals surface area contributed by atoms with Crippen molar-refractivity contribution < 1.29 is 14.3 Å². The van der Waals surface area contributed by atoms with Crippen molar-refractivity contribution in [2.75, 3.05) is 19.0 Å². The van der Waals surface area contributed by atoms with Gasteiger partial charge in [-0.2, -0.15) is 0 Å². The molecule has 1 aliphatic heterocycles. The van der Waals surface area contributed by atoms with Crippen LogP contribution in [0.5, 0.6) is 5.75 Å². The monoisotopic (exact) mass is 398 g/mol. The zero-order valence-corrected chi connectivity index (χ0v) is 17.3. The van der Waals surface area contributed by atoms with Crippen LogP contribution in [0.15, 0.2) is 58.3 Å². The molecule has 3 rings (SSSR count). The number of carbonyl (C=O) groups is 2. The zero-order valence-electron chi connectivity index (χ0n) is 16.5. The van der Waals surface area contributed by atoms with E-state index in [1.807, 2.05) is 62.4 Å². The Hall–Kier alpha value is -2.47. The summed E-state index contributed by atoms with van der Waals surface area (Å²) in [6, 6.07) is 15.2. The molecule has 1 N–H and O–H groups in total. The highest BCUT2D eigenvalue weighted by Crippen LogP contribution is 2.30. The van der Waals surface area contributed by atoms with Crippen molar-refractivity contribution in [3.05, 3.63) is 48.5 Å². The molecule has 0 aliphatic carbocycles. The van der Waals surface area contributed by atoms with E-state index in [0.717, 1.165) is 27.6 Å². The van der Waals surface area contributed by atoms with Crippen molar-refractivity contribution in [2.24, 2.45) is 5.92 Å². The van der Waals surface area contributed by atoms with Crippen molar-refractivity contribution in [2.45, 2.75) is 42.5 Å². The summed E-state index contributed by atoms with van der Waals surface area (Å²) in [5, 5.41) is 2.97. The van der Waals surface area contributed by atoms with Gasteiger partial charge in [0.1, 0.15) is 11.8 Å². The molecular weight excluding hydrogens is 372 g/mol. The van der Waals surface area contributed by atoms with Crippen LogP contribution in [0.4, 0.5) is 5.69 Å². The lowest BCUT2D eigenvalue weighted by Crippen LogP contribution is -2.47. The Labute approximate surface area is 170 Å². The van der Waals surface area contributed by atoms with E-state index in [9.17, 15) is 9.59 Å². The van der Waals surface area contributed by atoms with Gasteiger partial charge in [-0.05, 0) is 60.9 Å². The zero-order chi connectivity index (χ0) is 20.1. The van der Waals surface area contributed by atoms with Crippen molar-refractivity contribution in [1.29, 1.82) is 0 Å². The van der Waals surface area contributed by atoms with Crippen LogP contribution < -0.4 is 10.1 Å². The Morgan fingerprint density at radius 2 is 1.68 bits per heavy atom. The molecule has 0 radical (unpaired) electrons. The first kappa shape index (κ1) is 20.3. The topological polar surface area (TPSA) is 58.6 Å². The molecule has 2 amide bonds. The molecule has 28 heavy (non-hydrogen) atoms. The minimum absolute atomic E-state index is 0.0620. The van der Waals surface area contributed by atoms with Gasteiger partial charge in [-0.15, -0.1) is 0 Å². The van der Waals surface area contributed by atoms with Crippen LogP contribution in [-0.2, 0) is 9.59 Å². The lowest BCUT2D eigenvalue weighted by Gasteiger charge is -2.29. The first-order chi connectivity index (χ1) is 13.5. The SMILES string of the molecule is COc1ccc(Sc2ccc(NC(=O)C(C(C)C)N3CCCC3=O)cc2)cc1. The van der Waals surface area contributed by atoms with E-state index in [1.54, 1.807) is 23.8 Å². The molecule has 5 nitrogen and oxygen atoms in total. The molecule has 1 atom stereocenters. The van der Waals surface area contributed by atoms with Crippen molar-refractivity contribution >= 4 is 29.3 Å². The average Bonchev–Trinajstić information content (AvgIpc) is 3.09. The summed E-state index contributed by atoms with van der Waals surface area (Å²) in [7, 11) is 1.65. The number of benzene rings is 2. The van der Waals surface area contributed by atoms with E-state index < -0.39 is 6.04 Å². The van der Waals surface area contributed by atoms with Crippen LogP contribution in [0.1, 0.15) is 26.7 Å². The minimum atomic E-state index is -0.427. The molecule has 2 aromatic carbocycles. The number of likely N-dealkylation sites (tertiary alicyclic amines) is 1. The Balaban J connectivity index is 1.63. The number of methoxy groups -OCH3 is 1. The normalized spacial score (nSPS) is 15.0. The van der Waals surface area contributed by atoms with E-state index in [4.69, 9.17) is 4.74 Å². The Kier molecular flexibility index (Phi) is 6.62. The molecule has 1 unspecified atom stereocenters. The second kappa shape index (κ2) is 9.15. The Bertz CT molecular complexity index is 819. The van der Waals surface area contributed by atoms with E-state index in [2.05, 4.69) is 5.32 Å². The van der Waals surface area contributed by atoms with Gasteiger partial charge in [0.15, 0.2) is 0 Å². The third-order valence-electron chi connectivity index (χ3n) is 4.76. The number of anilines is 1. The van der Waals surface area contributed by atoms with Gasteiger partial charge in [0, 0.05) is 28.4 Å². The lowest BCUT2D eigenvalue weighted by atomic mass is 10.0. The summed E-state index contributed by atoms with van der Waals surface area (Å²) in [6.07, 6.45) is 1.36. The molecule has 148 valence electrons. The fraction of sp³-hybridized carbons (Fsp3) is 0.364. The van der Waals surface area contributed by atoms with E-state index in [0.29, 0.717) is 13.0 Å². The first-order valence-electron chi connectivity index (χ1n) is 9.50. The predicted molar refractivity (Wildman–Crippen MR) is 112 cm³/mol. The summed E-state index contributed by atoms with van der Waals surface area (Å²) in [6.45, 7) is 4.61. The Morgan fingerprint density at radius 3 is 2.18 bits per heavy atom. The number of ether oxygens (including phenoxy) is 1. The van der Waals surface area contributed by atoms with Crippen molar-refractivity contribution in [3.8, 4) is 5.75 Å². The molecule has 1 saturated heterocycles. The molecule has 1 heterocycles. The number of nitrogens with zero attached hydrogens (tertiary/aromatic N) is 1. The molecule has 6 heteroatoms. The molecule has 2 aromatic rings. The minimum Gasteiger partial charge on any atom is -0.497 e. The highest BCUT2D eigenvalue weighted by Gasteiger charge is 2.34. The number of rotatable bonds is 7. The van der Waals surface area contributed by atoms with Crippen LogP contribution in [0.3, 0.4) is 0 Å². The maximum atomic E-state index is 12.8. The number of hydrogen-bond acceptors (Lipinski definition) is 4. The second-order valence-electron chi connectivity index (χ2n) is 7.17. The van der Waals surface area contributed by atoms with Gasteiger partial charge in [-0.3, -0.25) is 9.59 Å². The van der Waals surface area contributed by atoms with Gasteiger partial charge in [0.2, 0.25) is 11.8 Å². The van der Waals surface area contributed by atoms with Crippen LogP contribution in [0.25, 0.3) is 0 Å². The number of nitrogens with one attached hydrogen (secondary N) is 1. The fourth-order valence-corrected chi connectivity index (χ4v) is 4.19. The quantitative estimate of drug-likeness (QED) is 0.749. The number of amides is 2. The lowest BCUT2D eigenvalue weighted by molar-refractivity contribution is -0.136. The van der Waals surface area contributed by atoms with Gasteiger partial charge in [0.05, 0.1) is 7.11 Å². The van der Waals surface area contributed by atoms with Crippen molar-refractivity contribution in [1.82, 2.24) is 4.90 Å². The largest absolute Gasteiger partial charge is 0.497 e. The van der Waals surface area contributed by atoms with Gasteiger partial charge < -0.3 is 15.0 Å². The summed E-state index contributed by atoms with van der Waals surface area (Å²) in [5.41, 5.74) is 0.737. The molecule has 1 aliphatic rings. The van der Waals surface area contributed by atoms with Gasteiger partial charge in [0.25, 0.3) is 0 Å². The molecule has 0 spiro atoms. The standard InChI is InChI=1S/C22H26N2O3S/c1-15(2)21(24-14-4-5-20(24)25)22(26)23-16-6-10-18(11-7-16)28-19-12-8-17(27-3)9-13-19/h6-13,15,21H,4-5,14H2,1-3H3,(H,23,26). The summed E-state index contributed by atoms with van der Waals surface area (Å²) < 4.78 is 5.18. The fourth-order valence-electron chi connectivity index (χ4n) is 3.37. The maximum absolute atomic E-state index is 12.8. The molecule has 0 aromatic heterocycles. The third kappa shape index (κ3) is 4.87. The summed E-state index contributed by atoms with van der Waals surface area (Å²) in [5.74, 6) is 0.839. The van der Waals surface area contributed by atoms with Gasteiger partial charge in [-0.1, -0.05) is 25.6 Å². The van der Waals surface area contributed by atoms with Crippen LogP contribution >= 0.6 is 11.8 Å². The van der Waals surface area contributed by atoms with E-state index >= 15 is 0 Å². The number of hydrogen-bond donors (Lipinski definition) is 1. The highest BCUT2D eigenvalue weighted by molar-refractivity contribution is 7.99. The van der Waals surface area contributed by atoms with Crippen LogP contribution in [-0.4, -0.2) is 36.4 Å². The molecule has 1 fully saturated rings. The van der Waals surface area contributed by atoms with Gasteiger partial charge >= 0.3 is 0 Å². The second-order valence-corrected chi connectivity index (χ2v) is 8.32. The van der Waals surface area contributed by atoms with Crippen LogP contribution in [0.2, 0.25) is 0 Å². The number of carbonyl (C=O) groups excluding carboxylic acids is 2. The summed E-state index contributed by atoms with van der Waals surface area (Å²) in [4.78, 5) is 28.8. The average molecular weight is 399 g/mol. The summed E-state index contributed by atoms with van der Waals surface area (Å²) >= 11 is 1.65. The molecule has 0 saturated carbocycles. The first-order valence-corrected chi connectivity index (χ1v) is 10.3. The third-order valence-corrected chi connectivity index (χ3v) is 5.78. The molecule has 0 bridgehead atoms. The Morgan fingerprint density at radius 1 is 1.07 bits per heavy atom. The smallest absolute Gasteiger partial charge is 0.247 e. The molecular formula is C22H26N2O3S. The van der Waals surface area contributed by atoms with E-state index in [1.165, 1.54) is 0 Å². The maximum Gasteiger partial charge on any atom is 0.247 e. The van der Waals surface area contributed by atoms with Gasteiger partial charge in [-0.25, -0.2) is 0 Å². The van der Waals surface area contributed by atoms with Crippen LogP contribution in [0, 0.1) is 5.92 Å². The van der Waals surface area contributed by atoms with E-state index in [-0.39, 0.29) is 17.7 Å². The van der Waals surface area contributed by atoms with Crippen molar-refractivity contribution in [3.63, 3.8) is 0 Å². The highest BCUT2D eigenvalue weighted by atomic mass is 32.2.